The van der Waals surface area contributed by atoms with Gasteiger partial charge in [0, 0.05) is 23.5 Å². The number of urea groups is 2. The van der Waals surface area contributed by atoms with Crippen LogP contribution in [0.5, 0.6) is 0 Å². The van der Waals surface area contributed by atoms with Crippen molar-refractivity contribution in [3.05, 3.63) is 59.7 Å². The fraction of sp³-hybridized carbons (Fsp3) is 0.440. The van der Waals surface area contributed by atoms with Crippen molar-refractivity contribution in [3.63, 3.8) is 0 Å². The van der Waals surface area contributed by atoms with E-state index in [1.165, 1.54) is 36.8 Å². The Kier molecular flexibility index (Phi) is 7.07. The van der Waals surface area contributed by atoms with Crippen LogP contribution in [0.15, 0.2) is 48.5 Å². The molecule has 2 saturated carbocycles. The summed E-state index contributed by atoms with van der Waals surface area (Å²) in [6, 6.07) is 16.3. The second kappa shape index (κ2) is 10.3. The van der Waals surface area contributed by atoms with E-state index in [1.54, 1.807) is 0 Å². The molecule has 0 heterocycles. The fourth-order valence-electron chi connectivity index (χ4n) is 4.49. The van der Waals surface area contributed by atoms with E-state index in [0.29, 0.717) is 12.1 Å². The second-order valence-corrected chi connectivity index (χ2v) is 8.73. The van der Waals surface area contributed by atoms with Gasteiger partial charge >= 0.3 is 12.1 Å². The van der Waals surface area contributed by atoms with Gasteiger partial charge in [-0.15, -0.1) is 0 Å². The molecular weight excluding hydrogens is 388 g/mol. The number of carbonyl (C=O) groups is 2. The molecule has 31 heavy (non-hydrogen) atoms. The van der Waals surface area contributed by atoms with Crippen LogP contribution in [0, 0.1) is 0 Å². The average molecular weight is 421 g/mol. The van der Waals surface area contributed by atoms with Gasteiger partial charge in [0.15, 0.2) is 0 Å². The van der Waals surface area contributed by atoms with E-state index in [4.69, 9.17) is 0 Å². The van der Waals surface area contributed by atoms with Crippen LogP contribution >= 0.6 is 0 Å². The third-order valence-electron chi connectivity index (χ3n) is 6.21. The first-order valence-electron chi connectivity index (χ1n) is 11.5. The smallest absolute Gasteiger partial charge is 0.319 e. The average Bonchev–Trinajstić information content (AvgIpc) is 3.45. The summed E-state index contributed by atoms with van der Waals surface area (Å²) >= 11 is 0. The first kappa shape index (κ1) is 21.2. The molecule has 2 aliphatic carbocycles. The Morgan fingerprint density at radius 1 is 0.613 bits per heavy atom. The van der Waals surface area contributed by atoms with Crippen molar-refractivity contribution >= 4 is 23.4 Å². The maximum Gasteiger partial charge on any atom is 0.319 e. The summed E-state index contributed by atoms with van der Waals surface area (Å²) in [5.74, 6) is 0. The highest BCUT2D eigenvalue weighted by molar-refractivity contribution is 5.90. The quantitative estimate of drug-likeness (QED) is 0.504. The minimum Gasteiger partial charge on any atom is -0.335 e. The molecule has 2 aromatic carbocycles. The SMILES string of the molecule is O=C(Nc1ccc(Cc2ccc(NC(=O)NC3CCCC3)cc2)cc1)NC1CCCC1. The molecule has 0 saturated heterocycles. The zero-order valence-electron chi connectivity index (χ0n) is 18.0. The van der Waals surface area contributed by atoms with Crippen LogP contribution in [-0.2, 0) is 6.42 Å². The van der Waals surface area contributed by atoms with Crippen LogP contribution in [0.1, 0.15) is 62.5 Å². The molecule has 4 rings (SSSR count). The summed E-state index contributed by atoms with van der Waals surface area (Å²) < 4.78 is 0. The first-order chi connectivity index (χ1) is 15.1. The highest BCUT2D eigenvalue weighted by Gasteiger charge is 2.17. The predicted octanol–water partition coefficient (Wildman–Crippen LogP) is 5.41. The lowest BCUT2D eigenvalue weighted by molar-refractivity contribution is 0.247. The normalized spacial score (nSPS) is 16.8. The summed E-state index contributed by atoms with van der Waals surface area (Å²) in [4.78, 5) is 24.2. The van der Waals surface area contributed by atoms with E-state index in [-0.39, 0.29) is 12.1 Å². The van der Waals surface area contributed by atoms with Gasteiger partial charge in [0.1, 0.15) is 0 Å². The maximum absolute atomic E-state index is 12.1. The predicted molar refractivity (Wildman–Crippen MR) is 125 cm³/mol. The zero-order valence-corrected chi connectivity index (χ0v) is 18.0. The topological polar surface area (TPSA) is 82.3 Å². The van der Waals surface area contributed by atoms with Crippen LogP contribution in [0.25, 0.3) is 0 Å². The van der Waals surface area contributed by atoms with E-state index in [0.717, 1.165) is 43.5 Å². The van der Waals surface area contributed by atoms with Gasteiger partial charge in [-0.05, 0) is 67.5 Å². The Balaban J connectivity index is 1.24. The minimum atomic E-state index is -0.125. The molecule has 6 heteroatoms. The molecule has 2 aliphatic rings. The maximum atomic E-state index is 12.1. The Morgan fingerprint density at radius 3 is 1.32 bits per heavy atom. The molecule has 4 amide bonds. The van der Waals surface area contributed by atoms with Gasteiger partial charge in [-0.1, -0.05) is 49.9 Å². The molecule has 0 unspecified atom stereocenters. The van der Waals surface area contributed by atoms with E-state index in [2.05, 4.69) is 21.3 Å². The fourth-order valence-corrected chi connectivity index (χ4v) is 4.49. The van der Waals surface area contributed by atoms with Crippen molar-refractivity contribution in [3.8, 4) is 0 Å². The highest BCUT2D eigenvalue weighted by atomic mass is 16.2. The number of benzene rings is 2. The van der Waals surface area contributed by atoms with Crippen molar-refractivity contribution in [1.82, 2.24) is 10.6 Å². The third kappa shape index (κ3) is 6.48. The summed E-state index contributed by atoms with van der Waals surface area (Å²) in [5, 5.41) is 11.9. The van der Waals surface area contributed by atoms with Crippen molar-refractivity contribution in [2.75, 3.05) is 10.6 Å². The summed E-state index contributed by atoms with van der Waals surface area (Å²) in [6.45, 7) is 0. The Labute approximate surface area is 184 Å². The van der Waals surface area contributed by atoms with Crippen LogP contribution in [0.2, 0.25) is 0 Å². The van der Waals surface area contributed by atoms with Gasteiger partial charge in [-0.2, -0.15) is 0 Å². The molecule has 0 aromatic heterocycles. The number of nitrogens with one attached hydrogen (secondary N) is 4. The molecule has 0 bridgehead atoms. The van der Waals surface area contributed by atoms with Gasteiger partial charge in [0.05, 0.1) is 0 Å². The molecular formula is C25H32N4O2. The van der Waals surface area contributed by atoms with Crippen molar-refractivity contribution in [2.45, 2.75) is 69.9 Å². The number of hydrogen-bond acceptors (Lipinski definition) is 2. The lowest BCUT2D eigenvalue weighted by atomic mass is 10.0. The van der Waals surface area contributed by atoms with Crippen molar-refractivity contribution in [1.29, 1.82) is 0 Å². The van der Waals surface area contributed by atoms with Gasteiger partial charge < -0.3 is 21.3 Å². The molecule has 2 fully saturated rings. The third-order valence-corrected chi connectivity index (χ3v) is 6.21. The van der Waals surface area contributed by atoms with Gasteiger partial charge in [-0.3, -0.25) is 0 Å². The highest BCUT2D eigenvalue weighted by Crippen LogP contribution is 2.20. The molecule has 0 aliphatic heterocycles. The van der Waals surface area contributed by atoms with E-state index in [1.807, 2.05) is 48.5 Å². The van der Waals surface area contributed by atoms with Gasteiger partial charge in [-0.25, -0.2) is 9.59 Å². The molecule has 6 nitrogen and oxygen atoms in total. The number of carbonyl (C=O) groups excluding carboxylic acids is 2. The minimum absolute atomic E-state index is 0.125. The van der Waals surface area contributed by atoms with Gasteiger partial charge in [0.25, 0.3) is 0 Å². The summed E-state index contributed by atoms with van der Waals surface area (Å²) in [7, 11) is 0. The Bertz CT molecular complexity index is 794. The number of amides is 4. The Hall–Kier alpha value is -3.02. The standard InChI is InChI=1S/C25H32N4O2/c30-24(26-20-5-1-2-6-20)28-22-13-9-18(10-14-22)17-19-11-15-23(16-12-19)29-25(31)27-21-7-3-4-8-21/h9-16,20-21H,1-8,17H2,(H2,26,28,30)(H2,27,29,31). The van der Waals surface area contributed by atoms with Crippen molar-refractivity contribution < 1.29 is 9.59 Å². The van der Waals surface area contributed by atoms with Gasteiger partial charge in [0.2, 0.25) is 0 Å². The summed E-state index contributed by atoms with van der Waals surface area (Å²) in [6.07, 6.45) is 9.89. The Morgan fingerprint density at radius 2 is 0.968 bits per heavy atom. The van der Waals surface area contributed by atoms with E-state index >= 15 is 0 Å². The monoisotopic (exact) mass is 420 g/mol. The lowest BCUT2D eigenvalue weighted by Crippen LogP contribution is -2.36. The van der Waals surface area contributed by atoms with Crippen molar-refractivity contribution in [2.24, 2.45) is 0 Å². The van der Waals surface area contributed by atoms with E-state index < -0.39 is 0 Å². The number of rotatable bonds is 6. The van der Waals surface area contributed by atoms with Crippen LogP contribution < -0.4 is 21.3 Å². The molecule has 164 valence electrons. The first-order valence-corrected chi connectivity index (χ1v) is 11.5. The molecule has 0 radical (unpaired) electrons. The second-order valence-electron chi connectivity index (χ2n) is 8.73. The van der Waals surface area contributed by atoms with E-state index in [9.17, 15) is 9.59 Å². The summed E-state index contributed by atoms with van der Waals surface area (Å²) in [5.41, 5.74) is 3.93. The molecule has 0 atom stereocenters. The largest absolute Gasteiger partial charge is 0.335 e. The van der Waals surface area contributed by atoms with Crippen LogP contribution in [-0.4, -0.2) is 24.1 Å². The lowest BCUT2D eigenvalue weighted by Gasteiger charge is -2.13. The van der Waals surface area contributed by atoms with Crippen LogP contribution in [0.3, 0.4) is 0 Å². The molecule has 2 aromatic rings. The zero-order chi connectivity index (χ0) is 21.5. The molecule has 0 spiro atoms. The molecule has 4 N–H and O–H groups in total. The number of anilines is 2. The number of hydrogen-bond donors (Lipinski definition) is 4. The van der Waals surface area contributed by atoms with Crippen LogP contribution in [0.4, 0.5) is 21.0 Å².